The van der Waals surface area contributed by atoms with E-state index in [0.717, 1.165) is 0 Å². The number of carbonyl (C=O) groups is 5. The summed E-state index contributed by atoms with van der Waals surface area (Å²) in [6.45, 7) is -1.79. The Labute approximate surface area is 215 Å². The van der Waals surface area contributed by atoms with Crippen LogP contribution in [0.5, 0.6) is 0 Å². The molecule has 0 aromatic rings. The second-order valence-electron chi connectivity index (χ2n) is 4.81. The number of rotatable bonds is 12. The fourth-order valence-electron chi connectivity index (χ4n) is 1.09. The first-order valence-electron chi connectivity index (χ1n) is 7.29. The van der Waals surface area contributed by atoms with E-state index < -0.39 is 42.7 Å². The van der Waals surface area contributed by atoms with E-state index in [-0.39, 0.29) is 91.8 Å². The van der Waals surface area contributed by atoms with E-state index in [1.165, 1.54) is 11.9 Å². The first kappa shape index (κ1) is 39.6. The van der Waals surface area contributed by atoms with Crippen molar-refractivity contribution in [2.45, 2.75) is 6.29 Å². The van der Waals surface area contributed by atoms with Crippen LogP contribution in [-0.2, 0) is 24.0 Å². The number of likely N-dealkylation sites (N-methyl/N-ethyl adjacent to an activating group) is 1. The number of aliphatic carboxylic acids is 5. The number of nitrogens with zero attached hydrogens (tertiary/aromatic N) is 1. The third-order valence-corrected chi connectivity index (χ3v) is 1.95. The molecule has 0 aromatic carbocycles. The first-order valence-corrected chi connectivity index (χ1v) is 7.29. The molecule has 30 heavy (non-hydrogen) atoms. The molecule has 0 rings (SSSR count). The molecule has 0 radical (unpaired) electrons. The molecule has 0 bridgehead atoms. The molecule has 0 unspecified atom stereocenters. The van der Waals surface area contributed by atoms with Gasteiger partial charge in [-0.3, -0.25) is 19.3 Å². The van der Waals surface area contributed by atoms with Gasteiger partial charge in [-0.15, -0.1) is 0 Å². The molecule has 15 nitrogen and oxygen atoms in total. The molecular formula is C13H23N3Na2O12. The van der Waals surface area contributed by atoms with Gasteiger partial charge in [0.1, 0.15) is 0 Å². The molecule has 0 saturated carbocycles. The standard InChI is InChI=1S/C5H9NO4.C4H9NO4.C4H7NO4.2Na/c1-6(2-4(7)8)3-5(9)10;2*6-3(7)1-5-2-4(8)9;;/h2-3H2,1H3,(H,7,8)(H,9,10);3,5-7H,1-2H2,(H,8,9);5H,1-2H2,(H,6,7)(H,8,9);;/q;;;2*+1/p-2. The van der Waals surface area contributed by atoms with E-state index in [1.807, 2.05) is 0 Å². The van der Waals surface area contributed by atoms with Crippen molar-refractivity contribution in [3.05, 3.63) is 0 Å². The SMILES string of the molecule is CN(CC(=O)O)CC(=O)O.O=C([O-])CNCC(=O)O.O=C([O-])CNCC(O)O.[Na+].[Na+]. The summed E-state index contributed by atoms with van der Waals surface area (Å²) in [4.78, 5) is 50.1. The van der Waals surface area contributed by atoms with Gasteiger partial charge in [0.2, 0.25) is 0 Å². The van der Waals surface area contributed by atoms with E-state index in [2.05, 4.69) is 10.6 Å². The summed E-state index contributed by atoms with van der Waals surface area (Å²) in [5, 5.41) is 64.2. The summed E-state index contributed by atoms with van der Waals surface area (Å²) in [5.74, 6) is -5.71. The predicted molar refractivity (Wildman–Crippen MR) is 84.4 cm³/mol. The van der Waals surface area contributed by atoms with E-state index in [9.17, 15) is 34.2 Å². The molecule has 17 heteroatoms. The summed E-state index contributed by atoms with van der Waals surface area (Å²) in [6.07, 6.45) is -1.51. The fourth-order valence-corrected chi connectivity index (χ4v) is 1.09. The minimum absolute atomic E-state index is 0. The van der Waals surface area contributed by atoms with Crippen LogP contribution in [0.15, 0.2) is 0 Å². The average Bonchev–Trinajstić information content (AvgIpc) is 2.44. The van der Waals surface area contributed by atoms with Crippen LogP contribution >= 0.6 is 0 Å². The van der Waals surface area contributed by atoms with Crippen LogP contribution < -0.4 is 80.0 Å². The van der Waals surface area contributed by atoms with Gasteiger partial charge in [0.25, 0.3) is 0 Å². The minimum atomic E-state index is -1.51. The zero-order valence-electron chi connectivity index (χ0n) is 16.9. The van der Waals surface area contributed by atoms with Crippen molar-refractivity contribution in [1.29, 1.82) is 0 Å². The molecule has 7 N–H and O–H groups in total. The topological polar surface area (TPSA) is 260 Å². The molecule has 0 saturated heterocycles. The number of carboxylic acids is 5. The first-order chi connectivity index (χ1) is 12.8. The van der Waals surface area contributed by atoms with Gasteiger partial charge in [0.05, 0.1) is 31.6 Å². The second-order valence-corrected chi connectivity index (χ2v) is 4.81. The summed E-state index contributed by atoms with van der Waals surface area (Å²) in [6, 6.07) is 0. The van der Waals surface area contributed by atoms with Gasteiger partial charge in [-0.2, -0.15) is 0 Å². The van der Waals surface area contributed by atoms with Crippen LogP contribution in [0.4, 0.5) is 0 Å². The van der Waals surface area contributed by atoms with Gasteiger partial charge in [0.15, 0.2) is 6.29 Å². The van der Waals surface area contributed by atoms with E-state index in [4.69, 9.17) is 25.5 Å². The monoisotopic (exact) mass is 459 g/mol. The van der Waals surface area contributed by atoms with Crippen molar-refractivity contribution in [3.63, 3.8) is 0 Å². The quantitative estimate of drug-likeness (QED) is 0.105. The average molecular weight is 459 g/mol. The minimum Gasteiger partial charge on any atom is -0.549 e. The maximum Gasteiger partial charge on any atom is 1.00 e. The number of carbonyl (C=O) groups excluding carboxylic acids is 2. The van der Waals surface area contributed by atoms with Crippen LogP contribution in [0.2, 0.25) is 0 Å². The Balaban J connectivity index is -0.000000101. The number of aliphatic hydroxyl groups excluding tert-OH is 1. The van der Waals surface area contributed by atoms with Crippen molar-refractivity contribution in [2.75, 3.05) is 46.3 Å². The number of hydrogen-bond donors (Lipinski definition) is 7. The maximum atomic E-state index is 9.96. The van der Waals surface area contributed by atoms with E-state index in [0.29, 0.717) is 0 Å². The van der Waals surface area contributed by atoms with Gasteiger partial charge in [0, 0.05) is 19.6 Å². The molecular weight excluding hydrogens is 436 g/mol. The summed E-state index contributed by atoms with van der Waals surface area (Å²) >= 11 is 0. The van der Waals surface area contributed by atoms with Crippen molar-refractivity contribution in [2.24, 2.45) is 0 Å². The fraction of sp³-hybridized carbons (Fsp3) is 0.615. The summed E-state index contributed by atoms with van der Waals surface area (Å²) < 4.78 is 0. The second kappa shape index (κ2) is 26.2. The van der Waals surface area contributed by atoms with Gasteiger partial charge in [-0.05, 0) is 7.05 Å². The molecule has 0 spiro atoms. The van der Waals surface area contributed by atoms with Crippen LogP contribution in [0.1, 0.15) is 0 Å². The van der Waals surface area contributed by atoms with Gasteiger partial charge >= 0.3 is 77.0 Å². The van der Waals surface area contributed by atoms with Gasteiger partial charge < -0.3 is 56.0 Å². The molecule has 164 valence electrons. The maximum absolute atomic E-state index is 9.96. The third-order valence-electron chi connectivity index (χ3n) is 1.95. The van der Waals surface area contributed by atoms with E-state index in [1.54, 1.807) is 0 Å². The summed E-state index contributed by atoms with van der Waals surface area (Å²) in [7, 11) is 1.43. The number of aliphatic hydroxyl groups is 2. The molecule has 0 aliphatic heterocycles. The molecule has 0 aromatic heterocycles. The molecule has 0 aliphatic carbocycles. The number of carboxylic acid groups (broad SMARTS) is 5. The molecule has 0 heterocycles. The van der Waals surface area contributed by atoms with Gasteiger partial charge in [-0.25, -0.2) is 0 Å². The van der Waals surface area contributed by atoms with Crippen molar-refractivity contribution in [1.82, 2.24) is 15.5 Å². The van der Waals surface area contributed by atoms with Crippen molar-refractivity contribution in [3.8, 4) is 0 Å². The van der Waals surface area contributed by atoms with Crippen molar-refractivity contribution >= 4 is 29.8 Å². The zero-order chi connectivity index (χ0) is 22.7. The Kier molecular flexibility index (Phi) is 34.6. The number of hydrogen-bond acceptors (Lipinski definition) is 12. The van der Waals surface area contributed by atoms with Crippen LogP contribution in [0, 0.1) is 0 Å². The Morgan fingerprint density at radius 1 is 0.767 bits per heavy atom. The normalized spacial score (nSPS) is 8.97. The zero-order valence-corrected chi connectivity index (χ0v) is 20.9. The Hall–Kier alpha value is -0.850. The van der Waals surface area contributed by atoms with Crippen molar-refractivity contribution < 1.29 is 119 Å². The van der Waals surface area contributed by atoms with Crippen LogP contribution in [-0.4, -0.2) is 113 Å². The van der Waals surface area contributed by atoms with Crippen LogP contribution in [0.25, 0.3) is 0 Å². The largest absolute Gasteiger partial charge is 1.00 e. The van der Waals surface area contributed by atoms with Crippen LogP contribution in [0.3, 0.4) is 0 Å². The number of nitrogens with one attached hydrogen (secondary N) is 2. The molecule has 0 amide bonds. The Morgan fingerprint density at radius 2 is 1.13 bits per heavy atom. The summed E-state index contributed by atoms with van der Waals surface area (Å²) in [5.41, 5.74) is 0. The Morgan fingerprint density at radius 3 is 1.40 bits per heavy atom. The smallest absolute Gasteiger partial charge is 0.549 e. The Bertz CT molecular complexity index is 478. The van der Waals surface area contributed by atoms with Gasteiger partial charge in [-0.1, -0.05) is 0 Å². The molecule has 0 fully saturated rings. The predicted octanol–water partition coefficient (Wildman–Crippen LogP) is -12.9. The third kappa shape index (κ3) is 50.6. The molecule has 0 atom stereocenters. The van der Waals surface area contributed by atoms with E-state index >= 15 is 0 Å². The molecule has 0 aliphatic rings.